The predicted octanol–water partition coefficient (Wildman–Crippen LogP) is 1.71. The molecule has 1 rings (SSSR count). The van der Waals surface area contributed by atoms with Crippen LogP contribution in [0.4, 0.5) is 13.2 Å². The van der Waals surface area contributed by atoms with Crippen LogP contribution >= 0.6 is 0 Å². The molecule has 0 aliphatic carbocycles. The third-order valence-electron chi connectivity index (χ3n) is 1.56. The number of nitrogens with two attached hydrogens (primary N) is 1. The summed E-state index contributed by atoms with van der Waals surface area (Å²) < 4.78 is 36.1. The van der Waals surface area contributed by atoms with Crippen molar-refractivity contribution < 1.29 is 13.2 Å². The molecule has 14 heavy (non-hydrogen) atoms. The molecule has 0 radical (unpaired) electrons. The number of hydrazine groups is 1. The quantitative estimate of drug-likeness (QED) is 0.240. The van der Waals surface area contributed by atoms with Crippen LogP contribution in [-0.4, -0.2) is 17.1 Å². The van der Waals surface area contributed by atoms with E-state index in [-0.39, 0.29) is 5.56 Å². The summed E-state index contributed by atoms with van der Waals surface area (Å²) in [5, 5.41) is 6.65. The second kappa shape index (κ2) is 3.67. The minimum atomic E-state index is -4.73. The zero-order valence-corrected chi connectivity index (χ0v) is 7.05. The molecule has 0 aromatic heterocycles. The van der Waals surface area contributed by atoms with Crippen LogP contribution in [0, 0.1) is 5.41 Å². The summed E-state index contributed by atoms with van der Waals surface area (Å²) in [6.45, 7) is 0. The van der Waals surface area contributed by atoms with E-state index < -0.39 is 17.1 Å². The lowest BCUT2D eigenvalue weighted by molar-refractivity contribution is -0.219. The van der Waals surface area contributed by atoms with Crippen LogP contribution in [0.3, 0.4) is 0 Å². The molecule has 0 spiro atoms. The van der Waals surface area contributed by atoms with Gasteiger partial charge in [-0.3, -0.25) is 5.41 Å². The van der Waals surface area contributed by atoms with Crippen molar-refractivity contribution in [3.05, 3.63) is 35.9 Å². The molecule has 3 N–H and O–H groups in total. The lowest BCUT2D eigenvalue weighted by atomic mass is 10.2. The number of hydrogen-bond acceptors (Lipinski definition) is 2. The molecular formula is C8H8F3N3. The summed E-state index contributed by atoms with van der Waals surface area (Å²) in [6.07, 6.45) is -4.73. The number of halogens is 3. The number of hydrogen-bond donors (Lipinski definition) is 2. The van der Waals surface area contributed by atoms with Gasteiger partial charge in [-0.25, -0.2) is 10.9 Å². The van der Waals surface area contributed by atoms with Gasteiger partial charge in [0.05, 0.1) is 0 Å². The van der Waals surface area contributed by atoms with Gasteiger partial charge in [-0.05, 0) is 0 Å². The Hall–Kier alpha value is -1.56. The largest absolute Gasteiger partial charge is 0.500 e. The molecule has 76 valence electrons. The minimum absolute atomic E-state index is 0.118. The zero-order valence-electron chi connectivity index (χ0n) is 7.05. The summed E-state index contributed by atoms with van der Waals surface area (Å²) in [4.78, 5) is 0. The lowest BCUT2D eigenvalue weighted by Gasteiger charge is -2.21. The Bertz CT molecular complexity index is 320. The summed E-state index contributed by atoms with van der Waals surface area (Å²) in [5.74, 6) is 3.93. The molecule has 0 saturated heterocycles. The molecule has 1 aromatic rings. The number of nitrogens with zero attached hydrogens (tertiary/aromatic N) is 1. The molecule has 0 aliphatic rings. The monoisotopic (exact) mass is 203 g/mol. The van der Waals surface area contributed by atoms with Gasteiger partial charge in [0.15, 0.2) is 0 Å². The summed E-state index contributed by atoms with van der Waals surface area (Å²) >= 11 is 0. The van der Waals surface area contributed by atoms with Gasteiger partial charge < -0.3 is 0 Å². The van der Waals surface area contributed by atoms with Crippen molar-refractivity contribution in [3.63, 3.8) is 0 Å². The highest BCUT2D eigenvalue weighted by molar-refractivity contribution is 5.96. The molecule has 0 atom stereocenters. The van der Waals surface area contributed by atoms with Crippen molar-refractivity contribution in [3.8, 4) is 0 Å². The maximum atomic E-state index is 12.0. The average Bonchev–Trinajstić information content (AvgIpc) is 2.15. The molecule has 0 fully saturated rings. The van der Waals surface area contributed by atoms with Crippen LogP contribution in [0.2, 0.25) is 0 Å². The SMILES string of the molecule is N=C(c1ccccc1)N(N)C(F)(F)F. The van der Waals surface area contributed by atoms with Crippen molar-refractivity contribution in [1.29, 1.82) is 5.41 Å². The first-order valence-corrected chi connectivity index (χ1v) is 3.68. The van der Waals surface area contributed by atoms with E-state index in [0.29, 0.717) is 0 Å². The van der Waals surface area contributed by atoms with Gasteiger partial charge >= 0.3 is 6.30 Å². The Morgan fingerprint density at radius 2 is 1.71 bits per heavy atom. The van der Waals surface area contributed by atoms with Crippen LogP contribution in [0.25, 0.3) is 0 Å². The van der Waals surface area contributed by atoms with E-state index in [4.69, 9.17) is 11.3 Å². The van der Waals surface area contributed by atoms with Gasteiger partial charge in [-0.15, -0.1) is 13.2 Å². The highest BCUT2D eigenvalue weighted by Crippen LogP contribution is 2.19. The van der Waals surface area contributed by atoms with Gasteiger partial charge in [-0.1, -0.05) is 30.3 Å². The molecule has 0 unspecified atom stereocenters. The van der Waals surface area contributed by atoms with Crippen LogP contribution in [-0.2, 0) is 0 Å². The van der Waals surface area contributed by atoms with Crippen LogP contribution in [0.15, 0.2) is 30.3 Å². The highest BCUT2D eigenvalue weighted by atomic mass is 19.4. The smallest absolute Gasteiger partial charge is 0.283 e. The Morgan fingerprint density at radius 3 is 2.14 bits per heavy atom. The topological polar surface area (TPSA) is 53.1 Å². The number of rotatable bonds is 1. The van der Waals surface area contributed by atoms with Crippen molar-refractivity contribution in [1.82, 2.24) is 5.01 Å². The summed E-state index contributed by atoms with van der Waals surface area (Å²) in [7, 11) is 0. The number of alkyl halides is 3. The normalized spacial score (nSPS) is 11.1. The van der Waals surface area contributed by atoms with Crippen molar-refractivity contribution >= 4 is 5.84 Å². The molecule has 6 heteroatoms. The second-order valence-electron chi connectivity index (χ2n) is 2.55. The molecular weight excluding hydrogens is 195 g/mol. The Morgan fingerprint density at radius 1 is 1.21 bits per heavy atom. The van der Waals surface area contributed by atoms with Gasteiger partial charge in [0, 0.05) is 5.56 Å². The molecule has 1 aromatic carbocycles. The molecule has 0 amide bonds. The number of nitrogens with one attached hydrogen (secondary N) is 1. The number of amidine groups is 1. The second-order valence-corrected chi connectivity index (χ2v) is 2.55. The van der Waals surface area contributed by atoms with Gasteiger partial charge in [0.2, 0.25) is 0 Å². The van der Waals surface area contributed by atoms with E-state index in [2.05, 4.69) is 0 Å². The third kappa shape index (κ3) is 2.23. The van der Waals surface area contributed by atoms with Crippen molar-refractivity contribution in [2.24, 2.45) is 5.84 Å². The fourth-order valence-electron chi connectivity index (χ4n) is 0.862. The first-order chi connectivity index (χ1) is 6.43. The first-order valence-electron chi connectivity index (χ1n) is 3.68. The van der Waals surface area contributed by atoms with Gasteiger partial charge in [0.1, 0.15) is 5.84 Å². The van der Waals surface area contributed by atoms with E-state index in [1.54, 1.807) is 6.07 Å². The number of benzene rings is 1. The maximum Gasteiger partial charge on any atom is 0.500 e. The van der Waals surface area contributed by atoms with Crippen LogP contribution in [0.1, 0.15) is 5.56 Å². The lowest BCUT2D eigenvalue weighted by Crippen LogP contribution is -2.47. The van der Waals surface area contributed by atoms with E-state index in [9.17, 15) is 13.2 Å². The zero-order chi connectivity index (χ0) is 10.8. The van der Waals surface area contributed by atoms with E-state index in [1.807, 2.05) is 0 Å². The Labute approximate surface area is 78.4 Å². The molecule has 0 heterocycles. The third-order valence-corrected chi connectivity index (χ3v) is 1.56. The van der Waals surface area contributed by atoms with Gasteiger partial charge in [-0.2, -0.15) is 0 Å². The maximum absolute atomic E-state index is 12.0. The standard InChI is InChI=1S/C8H8F3N3/c9-8(10,11)14(13)7(12)6-4-2-1-3-5-6/h1-5,12H,13H2. The average molecular weight is 203 g/mol. The Balaban J connectivity index is 2.87. The minimum Gasteiger partial charge on any atom is -0.283 e. The molecule has 0 saturated carbocycles. The van der Waals surface area contributed by atoms with Crippen molar-refractivity contribution in [2.75, 3.05) is 0 Å². The fourth-order valence-corrected chi connectivity index (χ4v) is 0.862. The molecule has 3 nitrogen and oxygen atoms in total. The van der Waals surface area contributed by atoms with Crippen LogP contribution < -0.4 is 5.84 Å². The molecule has 0 aliphatic heterocycles. The summed E-state index contributed by atoms with van der Waals surface area (Å²) in [6, 6.07) is 7.48. The fraction of sp³-hybridized carbons (Fsp3) is 0.125. The Kier molecular flexibility index (Phi) is 2.76. The predicted molar refractivity (Wildman–Crippen MR) is 45.4 cm³/mol. The van der Waals surface area contributed by atoms with Gasteiger partial charge in [0.25, 0.3) is 0 Å². The van der Waals surface area contributed by atoms with E-state index in [1.165, 1.54) is 24.3 Å². The van der Waals surface area contributed by atoms with Crippen molar-refractivity contribution in [2.45, 2.75) is 6.30 Å². The van der Waals surface area contributed by atoms with Crippen LogP contribution in [0.5, 0.6) is 0 Å². The first kappa shape index (κ1) is 10.5. The van der Waals surface area contributed by atoms with E-state index in [0.717, 1.165) is 0 Å². The molecule has 0 bridgehead atoms. The highest BCUT2D eigenvalue weighted by Gasteiger charge is 2.37. The van der Waals surface area contributed by atoms with E-state index >= 15 is 0 Å². The summed E-state index contributed by atoms with van der Waals surface area (Å²) in [5.41, 5.74) is 0.118.